The van der Waals surface area contributed by atoms with E-state index in [1.807, 2.05) is 11.3 Å². The average Bonchev–Trinajstić information content (AvgIpc) is 2.75. The zero-order valence-electron chi connectivity index (χ0n) is 7.92. The van der Waals surface area contributed by atoms with Crippen molar-refractivity contribution in [2.45, 2.75) is 45.4 Å². The van der Waals surface area contributed by atoms with Gasteiger partial charge in [-0.15, -0.1) is 11.3 Å². The minimum Gasteiger partial charge on any atom is -0.245 e. The zero-order chi connectivity index (χ0) is 8.72. The van der Waals surface area contributed by atoms with Gasteiger partial charge in [-0.3, -0.25) is 0 Å². The maximum atomic E-state index is 4.69. The maximum absolute atomic E-state index is 4.69. The monoisotopic (exact) mass is 181 g/mol. The van der Waals surface area contributed by atoms with Crippen molar-refractivity contribution in [2.75, 3.05) is 0 Å². The van der Waals surface area contributed by atoms with Crippen LogP contribution in [-0.4, -0.2) is 4.98 Å². The van der Waals surface area contributed by atoms with E-state index < -0.39 is 0 Å². The number of hydrogen-bond donors (Lipinski definition) is 0. The summed E-state index contributed by atoms with van der Waals surface area (Å²) in [6.07, 6.45) is 2.73. The molecule has 12 heavy (non-hydrogen) atoms. The average molecular weight is 181 g/mol. The molecular weight excluding hydrogens is 166 g/mol. The quantitative estimate of drug-likeness (QED) is 0.681. The third-order valence-electron chi connectivity index (χ3n) is 2.32. The summed E-state index contributed by atoms with van der Waals surface area (Å²) >= 11 is 1.90. The predicted molar refractivity (Wildman–Crippen MR) is 52.9 cm³/mol. The van der Waals surface area contributed by atoms with Gasteiger partial charge in [0.15, 0.2) is 0 Å². The molecule has 1 aromatic rings. The van der Waals surface area contributed by atoms with E-state index in [0.29, 0.717) is 5.92 Å². The number of aryl methyl sites for hydroxylation is 1. The molecule has 0 unspecified atom stereocenters. The number of rotatable bonds is 2. The van der Waals surface area contributed by atoms with Gasteiger partial charge in [0, 0.05) is 10.8 Å². The Bertz CT molecular complexity index is 284. The Hall–Kier alpha value is -0.370. The Morgan fingerprint density at radius 3 is 2.50 bits per heavy atom. The molecule has 1 nitrogen and oxygen atoms in total. The molecule has 1 aliphatic rings. The molecule has 1 heterocycles. The molecule has 0 bridgehead atoms. The Kier molecular flexibility index (Phi) is 1.95. The Balaban J connectivity index is 2.30. The SMILES string of the molecule is Cc1sc(C2CC2)nc1C(C)C. The van der Waals surface area contributed by atoms with E-state index in [4.69, 9.17) is 0 Å². The third-order valence-corrected chi connectivity index (χ3v) is 3.47. The molecule has 66 valence electrons. The molecule has 0 spiro atoms. The fourth-order valence-electron chi connectivity index (χ4n) is 1.47. The topological polar surface area (TPSA) is 12.9 Å². The van der Waals surface area contributed by atoms with Crippen molar-refractivity contribution in [3.05, 3.63) is 15.6 Å². The Labute approximate surface area is 77.8 Å². The standard InChI is InChI=1S/C10H15NS/c1-6(2)9-7(3)12-10(11-9)8-4-5-8/h6,8H,4-5H2,1-3H3. The highest BCUT2D eigenvalue weighted by Gasteiger charge is 2.27. The zero-order valence-corrected chi connectivity index (χ0v) is 8.74. The third kappa shape index (κ3) is 1.40. The molecule has 0 amide bonds. The van der Waals surface area contributed by atoms with Crippen molar-refractivity contribution in [1.29, 1.82) is 0 Å². The van der Waals surface area contributed by atoms with Crippen molar-refractivity contribution in [3.63, 3.8) is 0 Å². The van der Waals surface area contributed by atoms with Crippen LogP contribution in [0.2, 0.25) is 0 Å². The molecular formula is C10H15NS. The minimum absolute atomic E-state index is 0.591. The first kappa shape index (κ1) is 8.24. The Morgan fingerprint density at radius 2 is 2.08 bits per heavy atom. The number of nitrogens with zero attached hydrogens (tertiary/aromatic N) is 1. The van der Waals surface area contributed by atoms with Crippen LogP contribution in [0.1, 0.15) is 54.1 Å². The molecule has 0 saturated heterocycles. The van der Waals surface area contributed by atoms with Crippen LogP contribution in [0.25, 0.3) is 0 Å². The molecule has 1 aromatic heterocycles. The fraction of sp³-hybridized carbons (Fsp3) is 0.700. The molecule has 0 N–H and O–H groups in total. The summed E-state index contributed by atoms with van der Waals surface area (Å²) in [6.45, 7) is 6.64. The molecule has 0 atom stereocenters. The van der Waals surface area contributed by atoms with E-state index in [1.54, 1.807) is 0 Å². The van der Waals surface area contributed by atoms with Crippen LogP contribution in [0, 0.1) is 6.92 Å². The van der Waals surface area contributed by atoms with Crippen LogP contribution in [0.3, 0.4) is 0 Å². The van der Waals surface area contributed by atoms with E-state index in [1.165, 1.54) is 28.4 Å². The van der Waals surface area contributed by atoms with Gasteiger partial charge in [-0.25, -0.2) is 4.98 Å². The predicted octanol–water partition coefficient (Wildman–Crippen LogP) is 3.45. The van der Waals surface area contributed by atoms with Crippen molar-refractivity contribution in [2.24, 2.45) is 0 Å². The molecule has 1 saturated carbocycles. The van der Waals surface area contributed by atoms with Gasteiger partial charge >= 0.3 is 0 Å². The van der Waals surface area contributed by atoms with Crippen molar-refractivity contribution in [3.8, 4) is 0 Å². The van der Waals surface area contributed by atoms with Gasteiger partial charge in [0.1, 0.15) is 0 Å². The summed E-state index contributed by atoms with van der Waals surface area (Å²) in [5, 5.41) is 1.39. The molecule has 0 radical (unpaired) electrons. The first-order chi connectivity index (χ1) is 5.68. The first-order valence-electron chi connectivity index (χ1n) is 4.65. The minimum atomic E-state index is 0.591. The number of aromatic nitrogens is 1. The van der Waals surface area contributed by atoms with Crippen molar-refractivity contribution in [1.82, 2.24) is 4.98 Å². The highest BCUT2D eigenvalue weighted by atomic mass is 32.1. The van der Waals surface area contributed by atoms with Gasteiger partial charge in [0.2, 0.25) is 0 Å². The van der Waals surface area contributed by atoms with E-state index in [2.05, 4.69) is 25.8 Å². The molecule has 1 fully saturated rings. The van der Waals surface area contributed by atoms with Crippen LogP contribution in [0.4, 0.5) is 0 Å². The van der Waals surface area contributed by atoms with Gasteiger partial charge in [-0.2, -0.15) is 0 Å². The lowest BCUT2D eigenvalue weighted by Gasteiger charge is -1.99. The molecule has 1 aliphatic carbocycles. The lowest BCUT2D eigenvalue weighted by molar-refractivity contribution is 0.815. The second kappa shape index (κ2) is 2.84. The lowest BCUT2D eigenvalue weighted by Crippen LogP contribution is -1.90. The van der Waals surface area contributed by atoms with Crippen molar-refractivity contribution >= 4 is 11.3 Å². The maximum Gasteiger partial charge on any atom is 0.0962 e. The van der Waals surface area contributed by atoms with Crippen LogP contribution in [-0.2, 0) is 0 Å². The van der Waals surface area contributed by atoms with Crippen LogP contribution in [0.15, 0.2) is 0 Å². The summed E-state index contributed by atoms with van der Waals surface area (Å²) < 4.78 is 0. The smallest absolute Gasteiger partial charge is 0.0962 e. The van der Waals surface area contributed by atoms with Crippen LogP contribution >= 0.6 is 11.3 Å². The summed E-state index contributed by atoms with van der Waals surface area (Å²) in [6, 6.07) is 0. The molecule has 0 aliphatic heterocycles. The summed E-state index contributed by atoms with van der Waals surface area (Å²) in [5.41, 5.74) is 1.32. The van der Waals surface area contributed by atoms with E-state index in [9.17, 15) is 0 Å². The molecule has 0 aromatic carbocycles. The molecule has 2 rings (SSSR count). The Morgan fingerprint density at radius 1 is 1.42 bits per heavy atom. The number of thiazole rings is 1. The first-order valence-corrected chi connectivity index (χ1v) is 5.47. The van der Waals surface area contributed by atoms with E-state index in [-0.39, 0.29) is 0 Å². The van der Waals surface area contributed by atoms with Gasteiger partial charge in [-0.05, 0) is 25.7 Å². The normalized spacial score (nSPS) is 17.3. The fourth-order valence-corrected chi connectivity index (χ4v) is 2.72. The highest BCUT2D eigenvalue weighted by molar-refractivity contribution is 7.11. The van der Waals surface area contributed by atoms with E-state index in [0.717, 1.165) is 5.92 Å². The summed E-state index contributed by atoms with van der Waals surface area (Å²) in [4.78, 5) is 6.11. The summed E-state index contributed by atoms with van der Waals surface area (Å²) in [7, 11) is 0. The summed E-state index contributed by atoms with van der Waals surface area (Å²) in [5.74, 6) is 1.41. The number of hydrogen-bond acceptors (Lipinski definition) is 2. The second-order valence-corrected chi connectivity index (χ2v) is 5.16. The van der Waals surface area contributed by atoms with Crippen LogP contribution < -0.4 is 0 Å². The van der Waals surface area contributed by atoms with Crippen molar-refractivity contribution < 1.29 is 0 Å². The van der Waals surface area contributed by atoms with Gasteiger partial charge in [0.05, 0.1) is 10.7 Å². The largest absolute Gasteiger partial charge is 0.245 e. The highest BCUT2D eigenvalue weighted by Crippen LogP contribution is 2.43. The van der Waals surface area contributed by atoms with Crippen LogP contribution in [0.5, 0.6) is 0 Å². The second-order valence-electron chi connectivity index (χ2n) is 3.92. The lowest BCUT2D eigenvalue weighted by atomic mass is 10.1. The van der Waals surface area contributed by atoms with Gasteiger partial charge in [0.25, 0.3) is 0 Å². The molecule has 2 heteroatoms. The van der Waals surface area contributed by atoms with E-state index >= 15 is 0 Å². The van der Waals surface area contributed by atoms with Gasteiger partial charge < -0.3 is 0 Å². The van der Waals surface area contributed by atoms with Gasteiger partial charge in [-0.1, -0.05) is 13.8 Å².